The van der Waals surface area contributed by atoms with Crippen molar-refractivity contribution in [1.29, 1.82) is 0 Å². The first-order valence-corrected chi connectivity index (χ1v) is 13.9. The van der Waals surface area contributed by atoms with Gasteiger partial charge in [0.25, 0.3) is 0 Å². The first-order valence-electron chi connectivity index (χ1n) is 13.9. The van der Waals surface area contributed by atoms with E-state index in [2.05, 4.69) is 27.1 Å². The van der Waals surface area contributed by atoms with E-state index in [-0.39, 0.29) is 29.5 Å². The minimum atomic E-state index is -0.779. The van der Waals surface area contributed by atoms with Gasteiger partial charge in [0, 0.05) is 56.3 Å². The molecule has 0 bridgehead atoms. The van der Waals surface area contributed by atoms with Gasteiger partial charge in [0.05, 0.1) is 31.7 Å². The number of aryl methyl sites for hydroxylation is 2. The number of nitrogens with one attached hydrogen (secondary N) is 2. The summed E-state index contributed by atoms with van der Waals surface area (Å²) in [4.78, 5) is 25.0. The van der Waals surface area contributed by atoms with Gasteiger partial charge >= 0.3 is 0 Å². The maximum atomic E-state index is 15.4. The number of amides is 1. The fourth-order valence-corrected chi connectivity index (χ4v) is 4.96. The molecule has 0 radical (unpaired) electrons. The van der Waals surface area contributed by atoms with E-state index in [1.165, 1.54) is 17.0 Å². The zero-order valence-electron chi connectivity index (χ0n) is 24.4. The fraction of sp³-hybridized carbons (Fsp3) is 0.400. The molecule has 2 aliphatic rings. The zero-order valence-corrected chi connectivity index (χ0v) is 24.4. The number of hydrogen-bond acceptors (Lipinski definition) is 6. The molecular formula is C30H36F2N8O2. The molecule has 1 amide bonds. The van der Waals surface area contributed by atoms with Crippen molar-refractivity contribution in [3.05, 3.63) is 77.3 Å². The van der Waals surface area contributed by atoms with Crippen molar-refractivity contribution in [1.82, 2.24) is 24.6 Å². The zero-order chi connectivity index (χ0) is 30.0. The van der Waals surface area contributed by atoms with Crippen molar-refractivity contribution in [2.75, 3.05) is 43.6 Å². The van der Waals surface area contributed by atoms with Crippen molar-refractivity contribution in [3.63, 3.8) is 0 Å². The molecule has 10 nitrogen and oxygen atoms in total. The van der Waals surface area contributed by atoms with Crippen molar-refractivity contribution in [2.24, 2.45) is 18.0 Å². The highest BCUT2D eigenvalue weighted by molar-refractivity contribution is 5.97. The summed E-state index contributed by atoms with van der Waals surface area (Å²) in [6, 6.07) is 4.26. The summed E-state index contributed by atoms with van der Waals surface area (Å²) in [7, 11) is 3.44. The first kappa shape index (κ1) is 29.2. The first-order chi connectivity index (χ1) is 20.1. The molecule has 3 heterocycles. The highest BCUT2D eigenvalue weighted by Gasteiger charge is 2.32. The highest BCUT2D eigenvalue weighted by Crippen LogP contribution is 2.44. The van der Waals surface area contributed by atoms with Gasteiger partial charge in [-0.15, -0.1) is 0 Å². The third kappa shape index (κ3) is 6.59. The Morgan fingerprint density at radius 2 is 1.93 bits per heavy atom. The van der Waals surface area contributed by atoms with E-state index in [1.54, 1.807) is 25.2 Å². The maximum Gasteiger partial charge on any atom is 0.227 e. The second kappa shape index (κ2) is 12.3. The van der Waals surface area contributed by atoms with E-state index in [9.17, 15) is 4.79 Å². The molecule has 2 aromatic heterocycles. The molecule has 2 fully saturated rings. The van der Waals surface area contributed by atoms with E-state index >= 15 is 8.78 Å². The van der Waals surface area contributed by atoms with Gasteiger partial charge in [0.2, 0.25) is 5.91 Å². The Balaban J connectivity index is 1.46. The Kier molecular flexibility index (Phi) is 8.53. The van der Waals surface area contributed by atoms with Gasteiger partial charge in [-0.05, 0) is 50.3 Å². The van der Waals surface area contributed by atoms with Crippen molar-refractivity contribution in [2.45, 2.75) is 33.1 Å². The van der Waals surface area contributed by atoms with Crippen LogP contribution >= 0.6 is 0 Å². The number of anilines is 2. The van der Waals surface area contributed by atoms with Crippen LogP contribution < -0.4 is 10.2 Å². The molecule has 222 valence electrons. The molecule has 1 aliphatic heterocycles. The number of hydrogen-bond donors (Lipinski definition) is 2. The second-order valence-electron chi connectivity index (χ2n) is 10.8. The number of allylic oxidation sites excluding steroid dienone is 2. The van der Waals surface area contributed by atoms with Crippen LogP contribution in [0, 0.1) is 24.5 Å². The van der Waals surface area contributed by atoms with E-state index in [0.717, 1.165) is 35.4 Å². The van der Waals surface area contributed by atoms with Gasteiger partial charge in [-0.3, -0.25) is 9.89 Å². The second-order valence-corrected chi connectivity index (χ2v) is 10.8. The lowest BCUT2D eigenvalue weighted by molar-refractivity contribution is -0.134. The van der Waals surface area contributed by atoms with Gasteiger partial charge in [-0.25, -0.2) is 18.8 Å². The molecule has 0 unspecified atom stereocenters. The average Bonchev–Trinajstić information content (AvgIpc) is 3.55. The van der Waals surface area contributed by atoms with Crippen LogP contribution in [0.25, 0.3) is 5.57 Å². The third-order valence-corrected chi connectivity index (χ3v) is 7.42. The van der Waals surface area contributed by atoms with E-state index in [4.69, 9.17) is 9.73 Å². The van der Waals surface area contributed by atoms with Gasteiger partial charge in [-0.1, -0.05) is 6.58 Å². The van der Waals surface area contributed by atoms with Crippen LogP contribution in [0.3, 0.4) is 0 Å². The topological polar surface area (TPSA) is 104 Å². The number of morpholine rings is 1. The smallest absolute Gasteiger partial charge is 0.227 e. The minimum absolute atomic E-state index is 0.0921. The molecular weight excluding hydrogens is 542 g/mol. The van der Waals surface area contributed by atoms with Crippen LogP contribution in [0.2, 0.25) is 0 Å². The standard InChI is InChI=1S/C30H36F2N8O2/c1-18-12-26(37-36-18)35-30(28(22-6-7-22)19(2)25-16-38(4)17-33-25)34-20(3)39(5)29-23(31)13-21(14-24(29)32)15-27(41)40-8-10-42-11-9-40/h12-14,16-17,22H,2,6-11,15H2,1,3-5H3,(H2,35,36,37)/b30-28-,34-20+. The molecule has 0 spiro atoms. The van der Waals surface area contributed by atoms with Crippen LogP contribution in [-0.4, -0.2) is 69.7 Å². The summed E-state index contributed by atoms with van der Waals surface area (Å²) in [6.45, 7) is 9.76. The SMILES string of the molecule is C=C(/C(=C(\N=C(/C)N(C)c1c(F)cc(CC(=O)N2CCOCC2)cc1F)Nc1cc(C)[nH]n1)C1CC1)c1cn(C)cn1. The Bertz CT molecular complexity index is 1520. The number of amidine groups is 1. The number of aliphatic imine (C=N–C) groups is 1. The number of aromatic amines is 1. The Labute approximate surface area is 243 Å². The molecule has 1 aliphatic carbocycles. The number of nitrogens with zero attached hydrogens (tertiary/aromatic N) is 6. The summed E-state index contributed by atoms with van der Waals surface area (Å²) in [5.41, 5.74) is 3.19. The Morgan fingerprint density at radius 1 is 1.24 bits per heavy atom. The predicted molar refractivity (Wildman–Crippen MR) is 158 cm³/mol. The molecule has 12 heteroatoms. The van der Waals surface area contributed by atoms with Crippen LogP contribution in [0.15, 0.2) is 53.7 Å². The van der Waals surface area contributed by atoms with Crippen molar-refractivity contribution >= 4 is 28.8 Å². The van der Waals surface area contributed by atoms with E-state index in [0.29, 0.717) is 43.8 Å². The minimum Gasteiger partial charge on any atom is -0.378 e. The fourth-order valence-electron chi connectivity index (χ4n) is 4.96. The molecule has 2 N–H and O–H groups in total. The van der Waals surface area contributed by atoms with Crippen LogP contribution in [0.5, 0.6) is 0 Å². The Morgan fingerprint density at radius 3 is 2.50 bits per heavy atom. The molecule has 3 aromatic rings. The number of imidazole rings is 1. The molecule has 42 heavy (non-hydrogen) atoms. The third-order valence-electron chi connectivity index (χ3n) is 7.42. The number of ether oxygens (including phenoxy) is 1. The number of H-pyrrole nitrogens is 1. The summed E-state index contributed by atoms with van der Waals surface area (Å²) in [5, 5.41) is 10.5. The van der Waals surface area contributed by atoms with E-state index < -0.39 is 11.6 Å². The average molecular weight is 579 g/mol. The lowest BCUT2D eigenvalue weighted by Gasteiger charge is -2.27. The number of halogens is 2. The van der Waals surface area contributed by atoms with Gasteiger partial charge in [0.15, 0.2) is 5.82 Å². The summed E-state index contributed by atoms with van der Waals surface area (Å²) in [5.74, 6) is -0.159. The van der Waals surface area contributed by atoms with E-state index in [1.807, 2.05) is 30.8 Å². The van der Waals surface area contributed by atoms with Gasteiger partial charge in [-0.2, -0.15) is 5.10 Å². The van der Waals surface area contributed by atoms with Gasteiger partial charge in [0.1, 0.15) is 29.0 Å². The number of aromatic nitrogens is 4. The molecule has 5 rings (SSSR count). The molecule has 1 saturated heterocycles. The molecule has 1 aromatic carbocycles. The quantitative estimate of drug-likeness (QED) is 0.221. The number of carbonyl (C=O) groups excluding carboxylic acids is 1. The summed E-state index contributed by atoms with van der Waals surface area (Å²) in [6.07, 6.45) is 5.43. The number of carbonyl (C=O) groups is 1. The molecule has 1 saturated carbocycles. The monoisotopic (exact) mass is 578 g/mol. The Hall–Kier alpha value is -4.32. The summed E-state index contributed by atoms with van der Waals surface area (Å²) >= 11 is 0. The lowest BCUT2D eigenvalue weighted by atomic mass is 10.00. The lowest BCUT2D eigenvalue weighted by Crippen LogP contribution is -2.41. The summed E-state index contributed by atoms with van der Waals surface area (Å²) < 4.78 is 37.9. The van der Waals surface area contributed by atoms with Crippen molar-refractivity contribution < 1.29 is 18.3 Å². The van der Waals surface area contributed by atoms with Crippen LogP contribution in [0.4, 0.5) is 20.3 Å². The van der Waals surface area contributed by atoms with Gasteiger partial charge < -0.3 is 24.4 Å². The maximum absolute atomic E-state index is 15.4. The molecule has 0 atom stereocenters. The van der Waals surface area contributed by atoms with Crippen LogP contribution in [-0.2, 0) is 23.0 Å². The highest BCUT2D eigenvalue weighted by atomic mass is 19.1. The van der Waals surface area contributed by atoms with Crippen molar-refractivity contribution in [3.8, 4) is 0 Å². The predicted octanol–water partition coefficient (Wildman–Crippen LogP) is 4.43. The normalized spacial score (nSPS) is 16.3. The largest absolute Gasteiger partial charge is 0.378 e. The number of benzene rings is 1. The number of rotatable bonds is 9. The van der Waals surface area contributed by atoms with Crippen LogP contribution in [0.1, 0.15) is 36.7 Å².